The summed E-state index contributed by atoms with van der Waals surface area (Å²) in [6.07, 6.45) is 4.55. The summed E-state index contributed by atoms with van der Waals surface area (Å²) < 4.78 is 19.3. The molecule has 0 aliphatic heterocycles. The second kappa shape index (κ2) is 6.18. The molecule has 1 aromatic carbocycles. The van der Waals surface area contributed by atoms with Gasteiger partial charge < -0.3 is 4.74 Å². The van der Waals surface area contributed by atoms with Crippen LogP contribution in [0.4, 0.5) is 4.39 Å². The van der Waals surface area contributed by atoms with Crippen LogP contribution in [0.15, 0.2) is 18.2 Å². The monoisotopic (exact) mass is 286 g/mol. The number of halogens is 2. The van der Waals surface area contributed by atoms with Gasteiger partial charge in [0.05, 0.1) is 5.60 Å². The fourth-order valence-electron chi connectivity index (χ4n) is 2.67. The number of methoxy groups -OCH3 is 1. The first-order valence-electron chi connectivity index (χ1n) is 6.54. The summed E-state index contributed by atoms with van der Waals surface area (Å²) in [5, 5.41) is 0.539. The fraction of sp³-hybridized carbons (Fsp3) is 0.571. The van der Waals surface area contributed by atoms with Crippen molar-refractivity contribution in [2.45, 2.75) is 43.7 Å². The van der Waals surface area contributed by atoms with Crippen LogP contribution in [-0.2, 0) is 11.2 Å². The number of hydrogen-bond acceptors (Lipinski definition) is 3. The zero-order valence-electron chi connectivity index (χ0n) is 11.1. The van der Waals surface area contributed by atoms with Crippen LogP contribution in [0.25, 0.3) is 0 Å². The smallest absolute Gasteiger partial charge is 0.126 e. The Morgan fingerprint density at radius 3 is 2.79 bits per heavy atom. The molecule has 0 aromatic heterocycles. The van der Waals surface area contributed by atoms with Crippen molar-refractivity contribution in [3.63, 3.8) is 0 Å². The first-order chi connectivity index (χ1) is 9.08. The number of benzene rings is 1. The molecule has 2 rings (SSSR count). The Morgan fingerprint density at radius 1 is 1.53 bits per heavy atom. The molecule has 19 heavy (non-hydrogen) atoms. The van der Waals surface area contributed by atoms with E-state index >= 15 is 0 Å². The van der Waals surface area contributed by atoms with Gasteiger partial charge in [0.2, 0.25) is 0 Å². The van der Waals surface area contributed by atoms with E-state index in [0.717, 1.165) is 19.3 Å². The Balaban J connectivity index is 2.04. The Bertz CT molecular complexity index is 432. The molecule has 3 N–H and O–H groups in total. The minimum Gasteiger partial charge on any atom is -0.378 e. The summed E-state index contributed by atoms with van der Waals surface area (Å²) in [6, 6.07) is 4.57. The molecule has 1 atom stereocenters. The quantitative estimate of drug-likeness (QED) is 0.624. The molecule has 1 saturated carbocycles. The van der Waals surface area contributed by atoms with E-state index in [9.17, 15) is 4.39 Å². The molecule has 1 unspecified atom stereocenters. The topological polar surface area (TPSA) is 47.3 Å². The maximum Gasteiger partial charge on any atom is 0.126 e. The molecule has 1 aromatic rings. The molecule has 5 heteroatoms. The van der Waals surface area contributed by atoms with E-state index in [-0.39, 0.29) is 17.5 Å². The molecule has 1 aliphatic carbocycles. The van der Waals surface area contributed by atoms with Gasteiger partial charge in [0.1, 0.15) is 5.82 Å². The number of ether oxygens (including phenoxy) is 1. The minimum absolute atomic E-state index is 0.0202. The van der Waals surface area contributed by atoms with Crippen molar-refractivity contribution in [2.24, 2.45) is 5.84 Å². The molecule has 0 saturated heterocycles. The Kier molecular flexibility index (Phi) is 4.79. The van der Waals surface area contributed by atoms with Crippen molar-refractivity contribution in [1.29, 1.82) is 0 Å². The Labute approximate surface area is 118 Å². The Hall–Kier alpha value is -0.680. The Morgan fingerprint density at radius 2 is 2.26 bits per heavy atom. The summed E-state index contributed by atoms with van der Waals surface area (Å²) in [5.74, 6) is 5.34. The molecule has 0 bridgehead atoms. The van der Waals surface area contributed by atoms with Crippen LogP contribution in [0.1, 0.15) is 31.2 Å². The SMILES string of the molecule is COC1(CC(Cc2cc(Cl)ccc2F)NN)CCC1. The molecule has 0 heterocycles. The fourth-order valence-corrected chi connectivity index (χ4v) is 2.86. The van der Waals surface area contributed by atoms with Crippen LogP contribution < -0.4 is 11.3 Å². The van der Waals surface area contributed by atoms with Gasteiger partial charge in [-0.15, -0.1) is 0 Å². The molecular formula is C14H20ClFN2O. The molecule has 106 valence electrons. The van der Waals surface area contributed by atoms with E-state index in [1.807, 2.05) is 0 Å². The van der Waals surface area contributed by atoms with Crippen molar-refractivity contribution in [3.8, 4) is 0 Å². The van der Waals surface area contributed by atoms with Crippen molar-refractivity contribution >= 4 is 11.6 Å². The number of hydrogen-bond donors (Lipinski definition) is 2. The van der Waals surface area contributed by atoms with Crippen LogP contribution in [0.5, 0.6) is 0 Å². The van der Waals surface area contributed by atoms with Gasteiger partial charge in [-0.1, -0.05) is 11.6 Å². The molecular weight excluding hydrogens is 267 g/mol. The summed E-state index contributed by atoms with van der Waals surface area (Å²) >= 11 is 5.90. The molecule has 0 amide bonds. The predicted octanol–water partition coefficient (Wildman–Crippen LogP) is 2.81. The third-order valence-electron chi connectivity index (χ3n) is 4.03. The lowest BCUT2D eigenvalue weighted by molar-refractivity contribution is -0.0834. The van der Waals surface area contributed by atoms with Gasteiger partial charge >= 0.3 is 0 Å². The number of hydrazine groups is 1. The molecule has 0 spiro atoms. The van der Waals surface area contributed by atoms with E-state index in [1.165, 1.54) is 12.5 Å². The van der Waals surface area contributed by atoms with Gasteiger partial charge in [-0.3, -0.25) is 11.3 Å². The maximum absolute atomic E-state index is 13.7. The average Bonchev–Trinajstić information content (AvgIpc) is 2.36. The number of nitrogens with two attached hydrogens (primary N) is 1. The summed E-state index contributed by atoms with van der Waals surface area (Å²) in [5.41, 5.74) is 3.26. The minimum atomic E-state index is -0.246. The first kappa shape index (κ1) is 14.7. The van der Waals surface area contributed by atoms with Gasteiger partial charge in [0.15, 0.2) is 0 Å². The summed E-state index contributed by atoms with van der Waals surface area (Å²) in [4.78, 5) is 0. The van der Waals surface area contributed by atoms with Crippen LogP contribution in [-0.4, -0.2) is 18.8 Å². The third-order valence-corrected chi connectivity index (χ3v) is 4.26. The first-order valence-corrected chi connectivity index (χ1v) is 6.91. The molecule has 0 radical (unpaired) electrons. The number of rotatable bonds is 6. The normalized spacial score (nSPS) is 18.9. The third kappa shape index (κ3) is 3.45. The van der Waals surface area contributed by atoms with E-state index in [4.69, 9.17) is 22.2 Å². The average molecular weight is 287 g/mol. The van der Waals surface area contributed by atoms with Gasteiger partial charge in [-0.2, -0.15) is 0 Å². The standard InChI is InChI=1S/C14H20ClFN2O/c1-19-14(5-2-6-14)9-12(18-17)8-10-7-11(15)3-4-13(10)16/h3-4,7,12,18H,2,5-6,8-9,17H2,1H3. The van der Waals surface area contributed by atoms with Gasteiger partial charge in [0, 0.05) is 18.2 Å². The summed E-state index contributed by atoms with van der Waals surface area (Å²) in [6.45, 7) is 0. The summed E-state index contributed by atoms with van der Waals surface area (Å²) in [7, 11) is 1.73. The highest BCUT2D eigenvalue weighted by molar-refractivity contribution is 6.30. The lowest BCUT2D eigenvalue weighted by atomic mass is 9.75. The van der Waals surface area contributed by atoms with E-state index < -0.39 is 0 Å². The van der Waals surface area contributed by atoms with Crippen molar-refractivity contribution in [2.75, 3.05) is 7.11 Å². The number of nitrogens with one attached hydrogen (secondary N) is 1. The van der Waals surface area contributed by atoms with E-state index in [0.29, 0.717) is 17.0 Å². The lowest BCUT2D eigenvalue weighted by Crippen LogP contribution is -2.48. The van der Waals surface area contributed by atoms with Crippen molar-refractivity contribution < 1.29 is 9.13 Å². The van der Waals surface area contributed by atoms with Gasteiger partial charge in [-0.05, 0) is 55.9 Å². The van der Waals surface area contributed by atoms with Crippen LogP contribution in [0.3, 0.4) is 0 Å². The van der Waals surface area contributed by atoms with E-state index in [1.54, 1.807) is 19.2 Å². The molecule has 1 aliphatic rings. The van der Waals surface area contributed by atoms with Crippen LogP contribution >= 0.6 is 11.6 Å². The van der Waals surface area contributed by atoms with Gasteiger partial charge in [0.25, 0.3) is 0 Å². The largest absolute Gasteiger partial charge is 0.378 e. The maximum atomic E-state index is 13.7. The highest BCUT2D eigenvalue weighted by Gasteiger charge is 2.38. The van der Waals surface area contributed by atoms with Crippen molar-refractivity contribution in [1.82, 2.24) is 5.43 Å². The lowest BCUT2D eigenvalue weighted by Gasteiger charge is -2.42. The zero-order valence-corrected chi connectivity index (χ0v) is 11.8. The van der Waals surface area contributed by atoms with Crippen molar-refractivity contribution in [3.05, 3.63) is 34.6 Å². The van der Waals surface area contributed by atoms with E-state index in [2.05, 4.69) is 5.43 Å². The molecule has 3 nitrogen and oxygen atoms in total. The highest BCUT2D eigenvalue weighted by Crippen LogP contribution is 2.39. The highest BCUT2D eigenvalue weighted by atomic mass is 35.5. The van der Waals surface area contributed by atoms with Gasteiger partial charge in [-0.25, -0.2) is 4.39 Å². The van der Waals surface area contributed by atoms with Crippen LogP contribution in [0.2, 0.25) is 5.02 Å². The predicted molar refractivity (Wildman–Crippen MR) is 74.4 cm³/mol. The molecule has 1 fully saturated rings. The second-order valence-electron chi connectivity index (χ2n) is 5.25. The zero-order chi connectivity index (χ0) is 13.9. The van der Waals surface area contributed by atoms with Crippen LogP contribution in [0, 0.1) is 5.82 Å². The second-order valence-corrected chi connectivity index (χ2v) is 5.68.